The number of hydrogen-bond acceptors (Lipinski definition) is 9. The Hall–Kier alpha value is -2.42. The molecule has 11 atom stereocenters. The van der Waals surface area contributed by atoms with Crippen molar-refractivity contribution in [3.8, 4) is 0 Å². The zero-order chi connectivity index (χ0) is 40.1. The van der Waals surface area contributed by atoms with Gasteiger partial charge in [-0.3, -0.25) is 24.0 Å². The number of thiol groups is 1. The van der Waals surface area contributed by atoms with Crippen molar-refractivity contribution in [3.63, 3.8) is 0 Å². The van der Waals surface area contributed by atoms with Crippen molar-refractivity contribution < 1.29 is 38.2 Å². The molecule has 54 heavy (non-hydrogen) atoms. The zero-order valence-corrected chi connectivity index (χ0v) is 35.5. The van der Waals surface area contributed by atoms with Crippen LogP contribution >= 0.6 is 12.6 Å². The van der Waals surface area contributed by atoms with Gasteiger partial charge in [0.05, 0.1) is 12.5 Å². The van der Waals surface area contributed by atoms with E-state index < -0.39 is 5.97 Å². The Kier molecular flexibility index (Phi) is 15.0. The van der Waals surface area contributed by atoms with Gasteiger partial charge < -0.3 is 14.2 Å². The third kappa shape index (κ3) is 9.23. The maximum absolute atomic E-state index is 13.2. The summed E-state index contributed by atoms with van der Waals surface area (Å²) in [6, 6.07) is 0. The molecule has 0 amide bonds. The number of esters is 2. The second-order valence-corrected chi connectivity index (χ2v) is 19.3. The van der Waals surface area contributed by atoms with Crippen molar-refractivity contribution in [2.45, 2.75) is 145 Å². The molecular weight excluding hydrogens is 701 g/mol. The Labute approximate surface area is 331 Å². The molecule has 0 N–H and O–H groups in total. The summed E-state index contributed by atoms with van der Waals surface area (Å²) < 4.78 is 15.9. The van der Waals surface area contributed by atoms with Crippen LogP contribution < -0.4 is 0 Å². The average Bonchev–Trinajstić information content (AvgIpc) is 3.38. The van der Waals surface area contributed by atoms with Gasteiger partial charge in [0.25, 0.3) is 6.47 Å². The van der Waals surface area contributed by atoms with Gasteiger partial charge in [-0.15, -0.1) is 0 Å². The number of carbonyl (C=O) groups is 5. The van der Waals surface area contributed by atoms with Crippen molar-refractivity contribution in [2.75, 3.05) is 19.2 Å². The Balaban J connectivity index is 1.21. The van der Waals surface area contributed by atoms with Crippen LogP contribution in [0.2, 0.25) is 0 Å². The van der Waals surface area contributed by atoms with Gasteiger partial charge in [-0.1, -0.05) is 79.2 Å². The SMILES string of the molecule is C=C1C=C2CCC3[C@](C)(CCC4(C)C(CC(=O)OCOC(=O)C(C)CC(C)C(C)C(C)CC(=O)CC(CCC(=O)CS)COC=O)CC[C@@]34C)C2(C)CC1. The van der Waals surface area contributed by atoms with Crippen LogP contribution in [0.25, 0.3) is 0 Å². The molecule has 4 rings (SSSR count). The van der Waals surface area contributed by atoms with Crippen LogP contribution in [0, 0.1) is 63.1 Å². The van der Waals surface area contributed by atoms with Crippen LogP contribution in [0.3, 0.4) is 0 Å². The first-order valence-corrected chi connectivity index (χ1v) is 21.4. The average molecular weight is 771 g/mol. The highest BCUT2D eigenvalue weighted by Crippen LogP contribution is 2.76. The fraction of sp³-hybridized carbons (Fsp3) is 0.800. The lowest BCUT2D eigenvalue weighted by molar-refractivity contribution is -0.177. The summed E-state index contributed by atoms with van der Waals surface area (Å²) in [6.45, 7) is 22.5. The van der Waals surface area contributed by atoms with Gasteiger partial charge in [0.15, 0.2) is 0 Å². The van der Waals surface area contributed by atoms with Gasteiger partial charge in [-0.2, -0.15) is 12.6 Å². The number of ether oxygens (including phenoxy) is 3. The van der Waals surface area contributed by atoms with Crippen molar-refractivity contribution in [2.24, 2.45) is 63.1 Å². The van der Waals surface area contributed by atoms with Crippen LogP contribution in [0.15, 0.2) is 23.8 Å². The van der Waals surface area contributed by atoms with Crippen LogP contribution in [0.1, 0.15) is 145 Å². The number of rotatable bonds is 20. The van der Waals surface area contributed by atoms with Crippen molar-refractivity contribution >= 4 is 42.6 Å². The maximum Gasteiger partial charge on any atom is 0.311 e. The number of fused-ring (bicyclic) bond motifs is 5. The summed E-state index contributed by atoms with van der Waals surface area (Å²) in [5, 5.41) is 0. The minimum atomic E-state index is -0.392. The molecule has 0 aromatic rings. The van der Waals surface area contributed by atoms with Crippen LogP contribution in [-0.4, -0.2) is 49.1 Å². The highest BCUT2D eigenvalue weighted by Gasteiger charge is 2.68. The van der Waals surface area contributed by atoms with Crippen molar-refractivity contribution in [1.29, 1.82) is 0 Å². The number of allylic oxidation sites excluding steroid dienone is 3. The molecule has 4 aliphatic rings. The first kappa shape index (κ1) is 44.3. The summed E-state index contributed by atoms with van der Waals surface area (Å²) in [4.78, 5) is 61.6. The van der Waals surface area contributed by atoms with Gasteiger partial charge in [0.2, 0.25) is 6.79 Å². The summed E-state index contributed by atoms with van der Waals surface area (Å²) in [6.07, 6.45) is 13.8. The molecule has 3 saturated carbocycles. The van der Waals surface area contributed by atoms with E-state index in [9.17, 15) is 24.0 Å². The Bertz CT molecular complexity index is 1440. The lowest BCUT2D eigenvalue weighted by Crippen LogP contribution is -2.60. The van der Waals surface area contributed by atoms with E-state index in [0.717, 1.165) is 32.1 Å². The molecule has 3 fully saturated rings. The second kappa shape index (κ2) is 18.2. The van der Waals surface area contributed by atoms with E-state index in [4.69, 9.17) is 14.2 Å². The summed E-state index contributed by atoms with van der Waals surface area (Å²) in [7, 11) is 0. The van der Waals surface area contributed by atoms with E-state index in [1.165, 1.54) is 24.8 Å². The predicted molar refractivity (Wildman–Crippen MR) is 214 cm³/mol. The van der Waals surface area contributed by atoms with Crippen LogP contribution in [-0.2, 0) is 38.2 Å². The number of hydrogen-bond donors (Lipinski definition) is 1. The minimum absolute atomic E-state index is 0.00176. The number of carbonyl (C=O) groups excluding carboxylic acids is 5. The molecule has 4 aliphatic carbocycles. The highest BCUT2D eigenvalue weighted by molar-refractivity contribution is 7.81. The minimum Gasteiger partial charge on any atom is -0.468 e. The number of Topliss-reactive ketones (excluding diaryl/α,β-unsaturated/α-hetero) is 2. The van der Waals surface area contributed by atoms with E-state index in [-0.39, 0.29) is 100 Å². The standard InChI is InChI=1S/C45H70O8S/c1-29-14-16-42(6)35(20-29)11-13-39-44(8)17-15-36(43(44,7)18-19-45(39,42)9)24-40(49)52-28-53-41(50)32(4)21-30(2)33(5)31(3)22-38(48)23-34(25-51-27-46)10-12-37(47)26-54/h20,27,30-34,36,39,54H,1,10-19,21-26,28H2,2-9H3/t30?,31?,32?,33?,34?,36?,39?,42?,43?,44-,45-/m0/s1. The molecule has 304 valence electrons. The molecule has 8 nitrogen and oxygen atoms in total. The van der Waals surface area contributed by atoms with E-state index in [1.54, 1.807) is 5.57 Å². The topological polar surface area (TPSA) is 113 Å². The quantitative estimate of drug-likeness (QED) is 0.0564. The smallest absolute Gasteiger partial charge is 0.311 e. The molecule has 9 heteroatoms. The molecule has 0 heterocycles. The lowest BCUT2D eigenvalue weighted by atomic mass is 9.36. The molecule has 9 unspecified atom stereocenters. The predicted octanol–water partition coefficient (Wildman–Crippen LogP) is 9.69. The third-order valence-corrected chi connectivity index (χ3v) is 16.5. The molecular formula is C45H70O8S. The van der Waals surface area contributed by atoms with Gasteiger partial charge >= 0.3 is 11.9 Å². The Morgan fingerprint density at radius 1 is 0.889 bits per heavy atom. The first-order chi connectivity index (χ1) is 25.3. The molecule has 0 aliphatic heterocycles. The third-order valence-electron chi connectivity index (χ3n) is 16.1. The van der Waals surface area contributed by atoms with E-state index in [1.807, 2.05) is 13.8 Å². The van der Waals surface area contributed by atoms with Gasteiger partial charge in [0.1, 0.15) is 11.6 Å². The molecule has 0 saturated heterocycles. The van der Waals surface area contributed by atoms with Crippen LogP contribution in [0.5, 0.6) is 0 Å². The van der Waals surface area contributed by atoms with Crippen LogP contribution in [0.4, 0.5) is 0 Å². The highest BCUT2D eigenvalue weighted by atomic mass is 32.1. The van der Waals surface area contributed by atoms with Gasteiger partial charge in [-0.25, -0.2) is 0 Å². The Morgan fingerprint density at radius 3 is 2.28 bits per heavy atom. The zero-order valence-electron chi connectivity index (χ0n) is 34.6. The fourth-order valence-corrected chi connectivity index (χ4v) is 11.9. The molecule has 0 spiro atoms. The van der Waals surface area contributed by atoms with E-state index in [0.29, 0.717) is 44.5 Å². The molecule has 0 aromatic carbocycles. The first-order valence-electron chi connectivity index (χ1n) is 20.8. The molecule has 0 radical (unpaired) electrons. The Morgan fingerprint density at radius 2 is 1.59 bits per heavy atom. The van der Waals surface area contributed by atoms with Crippen molar-refractivity contribution in [3.05, 3.63) is 23.8 Å². The largest absolute Gasteiger partial charge is 0.468 e. The number of ketones is 2. The summed E-state index contributed by atoms with van der Waals surface area (Å²) >= 11 is 4.01. The maximum atomic E-state index is 13.2. The van der Waals surface area contributed by atoms with Gasteiger partial charge in [0, 0.05) is 37.4 Å². The van der Waals surface area contributed by atoms with E-state index in [2.05, 4.69) is 66.8 Å². The van der Waals surface area contributed by atoms with Gasteiger partial charge in [-0.05, 0) is 115 Å². The summed E-state index contributed by atoms with van der Waals surface area (Å²) in [5.41, 5.74) is 3.56. The van der Waals surface area contributed by atoms with Crippen molar-refractivity contribution in [1.82, 2.24) is 0 Å². The normalized spacial score (nSPS) is 33.1. The van der Waals surface area contributed by atoms with E-state index >= 15 is 0 Å². The second-order valence-electron chi connectivity index (χ2n) is 19.0. The molecule has 0 bridgehead atoms. The molecule has 0 aromatic heterocycles. The summed E-state index contributed by atoms with van der Waals surface area (Å²) in [5.74, 6) is 0.170. The monoisotopic (exact) mass is 770 g/mol. The lowest BCUT2D eigenvalue weighted by Gasteiger charge is -2.68. The fourth-order valence-electron chi connectivity index (χ4n) is 11.8.